The largest absolute Gasteiger partial charge is 0.493 e. The lowest BCUT2D eigenvalue weighted by atomic mass is 10.1. The average Bonchev–Trinajstić information content (AvgIpc) is 3.00. The number of aryl methyl sites for hydroxylation is 2. The highest BCUT2D eigenvalue weighted by Gasteiger charge is 2.18. The van der Waals surface area contributed by atoms with Gasteiger partial charge >= 0.3 is 0 Å². The first-order valence-corrected chi connectivity index (χ1v) is 14.8. The van der Waals surface area contributed by atoms with E-state index < -0.39 is 17.1 Å². The quantitative estimate of drug-likeness (QED) is 0.127. The molecule has 0 aliphatic rings. The van der Waals surface area contributed by atoms with Gasteiger partial charge in [0.25, 0.3) is 11.8 Å². The fraction of sp³-hybridized carbons (Fsp3) is 0.171. The fourth-order valence-corrected chi connectivity index (χ4v) is 5.37. The van der Waals surface area contributed by atoms with Crippen LogP contribution in [0.5, 0.6) is 11.5 Å². The average molecular weight is 610 g/mol. The first-order chi connectivity index (χ1) is 21.1. The van der Waals surface area contributed by atoms with E-state index in [4.69, 9.17) is 9.47 Å². The van der Waals surface area contributed by atoms with E-state index in [2.05, 4.69) is 22.0 Å². The van der Waals surface area contributed by atoms with Gasteiger partial charge in [0.1, 0.15) is 5.70 Å². The fourth-order valence-electron chi connectivity index (χ4n) is 4.45. The minimum Gasteiger partial charge on any atom is -0.493 e. The van der Waals surface area contributed by atoms with E-state index in [9.17, 15) is 14.4 Å². The Kier molecular flexibility index (Phi) is 10.8. The van der Waals surface area contributed by atoms with Crippen LogP contribution in [0, 0.1) is 13.8 Å². The van der Waals surface area contributed by atoms with Crippen molar-refractivity contribution < 1.29 is 23.9 Å². The Morgan fingerprint density at radius 2 is 1.45 bits per heavy atom. The molecule has 4 aromatic rings. The summed E-state index contributed by atoms with van der Waals surface area (Å²) in [7, 11) is 3.06. The third-order valence-electron chi connectivity index (χ3n) is 6.51. The summed E-state index contributed by atoms with van der Waals surface area (Å²) in [6.45, 7) is 5.81. The molecule has 4 aromatic carbocycles. The molecule has 0 aromatic heterocycles. The van der Waals surface area contributed by atoms with Crippen molar-refractivity contribution in [2.75, 3.05) is 24.9 Å². The van der Waals surface area contributed by atoms with Crippen LogP contribution in [-0.2, 0) is 9.59 Å². The van der Waals surface area contributed by atoms with Crippen molar-refractivity contribution in [1.29, 1.82) is 0 Å². The molecule has 3 N–H and O–H groups in total. The second kappa shape index (κ2) is 14.9. The van der Waals surface area contributed by atoms with Gasteiger partial charge in [-0.2, -0.15) is 0 Å². The smallest absolute Gasteiger partial charge is 0.272 e. The maximum atomic E-state index is 13.5. The Balaban J connectivity index is 1.52. The number of anilines is 2. The molecule has 0 fully saturated rings. The predicted molar refractivity (Wildman–Crippen MR) is 176 cm³/mol. The molecule has 9 heteroatoms. The van der Waals surface area contributed by atoms with Gasteiger partial charge < -0.3 is 25.4 Å². The molecule has 0 aliphatic heterocycles. The lowest BCUT2D eigenvalue weighted by Gasteiger charge is -2.15. The number of nitrogens with one attached hydrogen (secondary N) is 3. The topological polar surface area (TPSA) is 106 Å². The number of rotatable bonds is 11. The van der Waals surface area contributed by atoms with Crippen LogP contribution in [-0.4, -0.2) is 37.2 Å². The Bertz CT molecular complexity index is 1670. The monoisotopic (exact) mass is 609 g/mol. The van der Waals surface area contributed by atoms with E-state index in [-0.39, 0.29) is 11.6 Å². The molecular weight excluding hydrogens is 574 g/mol. The third-order valence-corrected chi connectivity index (χ3v) is 7.60. The molecule has 1 atom stereocenters. The van der Waals surface area contributed by atoms with Crippen LogP contribution in [0.2, 0.25) is 0 Å². The van der Waals surface area contributed by atoms with Crippen LogP contribution in [0.15, 0.2) is 102 Å². The van der Waals surface area contributed by atoms with Crippen LogP contribution in [0.1, 0.15) is 34.0 Å². The van der Waals surface area contributed by atoms with Gasteiger partial charge in [0.15, 0.2) is 11.5 Å². The van der Waals surface area contributed by atoms with Gasteiger partial charge in [0.05, 0.1) is 19.5 Å². The standard InChI is InChI=1S/C35H35N3O5S/c1-22-16-23(2)18-28(17-22)37-33(39)24(3)44-29-13-9-12-27(21-29)36-35(41)30(38-34(40)26-10-7-6-8-11-26)19-25-14-15-31(42-4)32(20-25)43-5/h6-21,24H,1-5H3,(H,36,41)(H,37,39)(H,38,40)/b30-19+. The zero-order valence-electron chi connectivity index (χ0n) is 25.3. The molecule has 4 rings (SSSR count). The van der Waals surface area contributed by atoms with Crippen molar-refractivity contribution in [1.82, 2.24) is 5.32 Å². The summed E-state index contributed by atoms with van der Waals surface area (Å²) >= 11 is 1.37. The summed E-state index contributed by atoms with van der Waals surface area (Å²) < 4.78 is 10.7. The van der Waals surface area contributed by atoms with Crippen LogP contribution in [0.25, 0.3) is 6.08 Å². The summed E-state index contributed by atoms with van der Waals surface area (Å²) in [5.74, 6) is -0.0588. The number of thioether (sulfide) groups is 1. The number of hydrogen-bond acceptors (Lipinski definition) is 6. The number of hydrogen-bond donors (Lipinski definition) is 3. The highest BCUT2D eigenvalue weighted by atomic mass is 32.2. The van der Waals surface area contributed by atoms with Crippen LogP contribution < -0.4 is 25.4 Å². The highest BCUT2D eigenvalue weighted by Crippen LogP contribution is 2.29. The van der Waals surface area contributed by atoms with Crippen molar-refractivity contribution in [3.8, 4) is 11.5 Å². The molecule has 3 amide bonds. The van der Waals surface area contributed by atoms with Gasteiger partial charge in [0, 0.05) is 21.8 Å². The molecular formula is C35H35N3O5S. The van der Waals surface area contributed by atoms with E-state index in [1.54, 1.807) is 66.7 Å². The number of amides is 3. The molecule has 8 nitrogen and oxygen atoms in total. The number of ether oxygens (including phenoxy) is 2. The minimum absolute atomic E-state index is 0.0327. The molecule has 44 heavy (non-hydrogen) atoms. The minimum atomic E-state index is -0.521. The number of carbonyl (C=O) groups excluding carboxylic acids is 3. The molecule has 0 spiro atoms. The maximum absolute atomic E-state index is 13.5. The maximum Gasteiger partial charge on any atom is 0.272 e. The first-order valence-electron chi connectivity index (χ1n) is 13.9. The van der Waals surface area contributed by atoms with E-state index in [0.29, 0.717) is 28.3 Å². The zero-order chi connectivity index (χ0) is 31.6. The summed E-state index contributed by atoms with van der Waals surface area (Å²) in [5, 5.41) is 8.20. The van der Waals surface area contributed by atoms with Crippen molar-refractivity contribution in [3.63, 3.8) is 0 Å². The molecule has 0 saturated carbocycles. The van der Waals surface area contributed by atoms with Gasteiger partial charge in [-0.05, 0) is 98.1 Å². The predicted octanol–water partition coefficient (Wildman–Crippen LogP) is 6.85. The normalized spacial score (nSPS) is 11.7. The first kappa shape index (κ1) is 31.9. The SMILES string of the molecule is COc1ccc(/C=C(/NC(=O)c2ccccc2)C(=O)Nc2cccc(SC(C)C(=O)Nc3cc(C)cc(C)c3)c2)cc1OC. The van der Waals surface area contributed by atoms with Gasteiger partial charge in [-0.25, -0.2) is 0 Å². The highest BCUT2D eigenvalue weighted by molar-refractivity contribution is 8.00. The summed E-state index contributed by atoms with van der Waals surface area (Å²) in [5.41, 5.74) is 4.47. The van der Waals surface area contributed by atoms with Gasteiger partial charge in [0.2, 0.25) is 5.91 Å². The zero-order valence-corrected chi connectivity index (χ0v) is 26.1. The number of carbonyl (C=O) groups is 3. The number of benzene rings is 4. The molecule has 0 aliphatic carbocycles. The summed E-state index contributed by atoms with van der Waals surface area (Å²) in [4.78, 5) is 40.3. The molecule has 0 saturated heterocycles. The summed E-state index contributed by atoms with van der Waals surface area (Å²) in [6.07, 6.45) is 1.57. The molecule has 0 radical (unpaired) electrons. The Morgan fingerprint density at radius 1 is 0.750 bits per heavy atom. The lowest BCUT2D eigenvalue weighted by Crippen LogP contribution is -2.30. The molecule has 0 bridgehead atoms. The van der Waals surface area contributed by atoms with Gasteiger partial charge in [-0.1, -0.05) is 36.4 Å². The lowest BCUT2D eigenvalue weighted by molar-refractivity contribution is -0.115. The Hall–Kier alpha value is -5.02. The van der Waals surface area contributed by atoms with E-state index in [1.807, 2.05) is 45.0 Å². The van der Waals surface area contributed by atoms with Gasteiger partial charge in [-0.3, -0.25) is 14.4 Å². The molecule has 1 unspecified atom stereocenters. The molecule has 226 valence electrons. The van der Waals surface area contributed by atoms with E-state index in [0.717, 1.165) is 21.7 Å². The van der Waals surface area contributed by atoms with E-state index >= 15 is 0 Å². The van der Waals surface area contributed by atoms with Gasteiger partial charge in [-0.15, -0.1) is 11.8 Å². The second-order valence-electron chi connectivity index (χ2n) is 10.1. The van der Waals surface area contributed by atoms with Crippen molar-refractivity contribution in [2.45, 2.75) is 30.9 Å². The summed E-state index contributed by atoms with van der Waals surface area (Å²) in [6, 6.07) is 26.9. The van der Waals surface area contributed by atoms with Crippen molar-refractivity contribution in [3.05, 3.63) is 119 Å². The Labute approximate surface area is 261 Å². The second-order valence-corrected chi connectivity index (χ2v) is 11.5. The van der Waals surface area contributed by atoms with Crippen molar-refractivity contribution in [2.24, 2.45) is 0 Å². The molecule has 0 heterocycles. The van der Waals surface area contributed by atoms with Crippen LogP contribution >= 0.6 is 11.8 Å². The Morgan fingerprint density at radius 3 is 2.14 bits per heavy atom. The number of methoxy groups -OCH3 is 2. The van der Waals surface area contributed by atoms with Crippen LogP contribution in [0.4, 0.5) is 11.4 Å². The van der Waals surface area contributed by atoms with E-state index in [1.165, 1.54) is 26.0 Å². The van der Waals surface area contributed by atoms with Crippen LogP contribution in [0.3, 0.4) is 0 Å². The van der Waals surface area contributed by atoms with Crippen molar-refractivity contribution >= 4 is 46.9 Å². The third kappa shape index (κ3) is 8.75.